The smallest absolute Gasteiger partial charge is 0.240 e. The van der Waals surface area contributed by atoms with Crippen LogP contribution in [0.25, 0.3) is 10.9 Å². The number of aromatic nitrogens is 1. The second kappa shape index (κ2) is 5.25. The lowest BCUT2D eigenvalue weighted by Gasteiger charge is -2.17. The summed E-state index contributed by atoms with van der Waals surface area (Å²) >= 11 is 0. The molecule has 1 amide bonds. The largest absolute Gasteiger partial charge is 0.352 e. The number of hydrogen-bond acceptors (Lipinski definition) is 1. The molecule has 0 aliphatic rings. The van der Waals surface area contributed by atoms with Crippen molar-refractivity contribution < 1.29 is 4.79 Å². The number of benzene rings is 1. The fourth-order valence-electron chi connectivity index (χ4n) is 1.90. The van der Waals surface area contributed by atoms with Gasteiger partial charge >= 0.3 is 0 Å². The third-order valence-corrected chi connectivity index (χ3v) is 3.38. The molecule has 0 saturated carbocycles. The van der Waals surface area contributed by atoms with Crippen molar-refractivity contribution in [1.82, 2.24) is 9.88 Å². The number of nitrogens with one attached hydrogen (secondary N) is 1. The van der Waals surface area contributed by atoms with E-state index in [0.29, 0.717) is 12.5 Å². The van der Waals surface area contributed by atoms with Gasteiger partial charge in [-0.3, -0.25) is 4.79 Å². The maximum atomic E-state index is 11.9. The van der Waals surface area contributed by atoms with Crippen LogP contribution < -0.4 is 5.32 Å². The van der Waals surface area contributed by atoms with Gasteiger partial charge in [0.1, 0.15) is 6.54 Å². The molecule has 0 aliphatic heterocycles. The Morgan fingerprint density at radius 1 is 1.22 bits per heavy atom. The Labute approximate surface area is 108 Å². The molecule has 1 heterocycles. The highest BCUT2D eigenvalue weighted by atomic mass is 16.2. The first-order valence-electron chi connectivity index (χ1n) is 6.41. The lowest BCUT2D eigenvalue weighted by atomic mass is 10.1. The molecule has 1 unspecified atom stereocenters. The van der Waals surface area contributed by atoms with Crippen LogP contribution in [0.3, 0.4) is 0 Å². The first-order valence-corrected chi connectivity index (χ1v) is 6.41. The standard InChI is InChI=1S/C15H20N2O/c1-11(2)12(3)16-15(18)10-17-9-8-13-6-4-5-7-14(13)17/h4-9,11-12H,10H2,1-3H3,(H,16,18). The van der Waals surface area contributed by atoms with Gasteiger partial charge in [-0.15, -0.1) is 0 Å². The van der Waals surface area contributed by atoms with E-state index in [1.165, 1.54) is 5.39 Å². The average Bonchev–Trinajstić information content (AvgIpc) is 2.72. The molecule has 18 heavy (non-hydrogen) atoms. The summed E-state index contributed by atoms with van der Waals surface area (Å²) in [5, 5.41) is 4.19. The van der Waals surface area contributed by atoms with E-state index in [1.807, 2.05) is 42.0 Å². The molecule has 1 N–H and O–H groups in total. The molecule has 0 spiro atoms. The van der Waals surface area contributed by atoms with E-state index < -0.39 is 0 Å². The summed E-state index contributed by atoms with van der Waals surface area (Å²) in [6.07, 6.45) is 1.96. The summed E-state index contributed by atoms with van der Waals surface area (Å²) in [7, 11) is 0. The molecule has 0 fully saturated rings. The summed E-state index contributed by atoms with van der Waals surface area (Å²) in [6, 6.07) is 10.3. The van der Waals surface area contributed by atoms with Gasteiger partial charge in [0, 0.05) is 17.8 Å². The van der Waals surface area contributed by atoms with Crippen LogP contribution in [0.15, 0.2) is 36.5 Å². The highest BCUT2D eigenvalue weighted by molar-refractivity contribution is 5.83. The molecule has 0 aliphatic carbocycles. The van der Waals surface area contributed by atoms with Crippen LogP contribution in [0.2, 0.25) is 0 Å². The van der Waals surface area contributed by atoms with Crippen LogP contribution in [-0.2, 0) is 11.3 Å². The maximum absolute atomic E-state index is 11.9. The van der Waals surface area contributed by atoms with Crippen molar-refractivity contribution in [3.8, 4) is 0 Å². The fraction of sp³-hybridized carbons (Fsp3) is 0.400. The Morgan fingerprint density at radius 3 is 2.67 bits per heavy atom. The van der Waals surface area contributed by atoms with Crippen LogP contribution >= 0.6 is 0 Å². The topological polar surface area (TPSA) is 34.0 Å². The van der Waals surface area contributed by atoms with Crippen molar-refractivity contribution in [2.75, 3.05) is 0 Å². The SMILES string of the molecule is CC(C)C(C)NC(=O)Cn1ccc2ccccc21. The number of carbonyl (C=O) groups is 1. The normalized spacial score (nSPS) is 12.9. The number of amides is 1. The number of rotatable bonds is 4. The maximum Gasteiger partial charge on any atom is 0.240 e. The minimum Gasteiger partial charge on any atom is -0.352 e. The number of carbonyl (C=O) groups excluding carboxylic acids is 1. The quantitative estimate of drug-likeness (QED) is 0.881. The van der Waals surface area contributed by atoms with Crippen LogP contribution in [0.5, 0.6) is 0 Å². The van der Waals surface area contributed by atoms with Gasteiger partial charge in [0.05, 0.1) is 0 Å². The average molecular weight is 244 g/mol. The van der Waals surface area contributed by atoms with Crippen LogP contribution in [0, 0.1) is 5.92 Å². The Morgan fingerprint density at radius 2 is 1.94 bits per heavy atom. The first kappa shape index (κ1) is 12.7. The lowest BCUT2D eigenvalue weighted by molar-refractivity contribution is -0.122. The fourth-order valence-corrected chi connectivity index (χ4v) is 1.90. The summed E-state index contributed by atoms with van der Waals surface area (Å²) in [5.41, 5.74) is 1.10. The molecule has 2 aromatic rings. The van der Waals surface area contributed by atoms with Gasteiger partial charge in [-0.1, -0.05) is 32.0 Å². The highest BCUT2D eigenvalue weighted by Crippen LogP contribution is 2.14. The van der Waals surface area contributed by atoms with E-state index in [1.54, 1.807) is 0 Å². The van der Waals surface area contributed by atoms with Crippen molar-refractivity contribution in [1.29, 1.82) is 0 Å². The van der Waals surface area contributed by atoms with E-state index >= 15 is 0 Å². The second-order valence-corrected chi connectivity index (χ2v) is 5.10. The molecule has 0 saturated heterocycles. The second-order valence-electron chi connectivity index (χ2n) is 5.10. The van der Waals surface area contributed by atoms with Gasteiger partial charge in [-0.2, -0.15) is 0 Å². The third-order valence-electron chi connectivity index (χ3n) is 3.38. The third kappa shape index (κ3) is 2.73. The molecule has 1 atom stereocenters. The summed E-state index contributed by atoms with van der Waals surface area (Å²) in [4.78, 5) is 11.9. The monoisotopic (exact) mass is 244 g/mol. The molecule has 1 aromatic heterocycles. The van der Waals surface area contributed by atoms with Crippen molar-refractivity contribution >= 4 is 16.8 Å². The van der Waals surface area contributed by atoms with Gasteiger partial charge in [-0.05, 0) is 30.4 Å². The van der Waals surface area contributed by atoms with Crippen LogP contribution in [0.1, 0.15) is 20.8 Å². The molecule has 0 radical (unpaired) electrons. The summed E-state index contributed by atoms with van der Waals surface area (Å²) in [5.74, 6) is 0.521. The Hall–Kier alpha value is -1.77. The number of nitrogens with zero attached hydrogens (tertiary/aromatic N) is 1. The molecular formula is C15H20N2O. The predicted molar refractivity (Wildman–Crippen MR) is 74.4 cm³/mol. The van der Waals surface area contributed by atoms with Crippen molar-refractivity contribution in [2.24, 2.45) is 5.92 Å². The predicted octanol–water partition coefficient (Wildman–Crippen LogP) is 2.80. The van der Waals surface area contributed by atoms with Crippen molar-refractivity contribution in [2.45, 2.75) is 33.4 Å². The Balaban J connectivity index is 2.07. The molecule has 3 heteroatoms. The van der Waals surface area contributed by atoms with Gasteiger partial charge in [0.2, 0.25) is 5.91 Å². The van der Waals surface area contributed by atoms with E-state index in [-0.39, 0.29) is 11.9 Å². The zero-order valence-electron chi connectivity index (χ0n) is 11.2. The van der Waals surface area contributed by atoms with Crippen LogP contribution in [-0.4, -0.2) is 16.5 Å². The molecule has 96 valence electrons. The molecule has 3 nitrogen and oxygen atoms in total. The Bertz CT molecular complexity index is 542. The van der Waals surface area contributed by atoms with Gasteiger partial charge in [-0.25, -0.2) is 0 Å². The number of fused-ring (bicyclic) bond motifs is 1. The summed E-state index contributed by atoms with van der Waals surface area (Å²) < 4.78 is 1.98. The van der Waals surface area contributed by atoms with E-state index in [2.05, 4.69) is 25.2 Å². The van der Waals surface area contributed by atoms with Crippen LogP contribution in [0.4, 0.5) is 0 Å². The van der Waals surface area contributed by atoms with E-state index in [9.17, 15) is 4.79 Å². The van der Waals surface area contributed by atoms with Crippen molar-refractivity contribution in [3.05, 3.63) is 36.5 Å². The Kier molecular flexibility index (Phi) is 3.70. The van der Waals surface area contributed by atoms with Gasteiger partial charge in [0.25, 0.3) is 0 Å². The lowest BCUT2D eigenvalue weighted by Crippen LogP contribution is -2.38. The molecule has 1 aromatic carbocycles. The van der Waals surface area contributed by atoms with E-state index in [4.69, 9.17) is 0 Å². The molecule has 2 rings (SSSR count). The molecular weight excluding hydrogens is 224 g/mol. The zero-order chi connectivity index (χ0) is 13.1. The number of hydrogen-bond donors (Lipinski definition) is 1. The molecule has 0 bridgehead atoms. The van der Waals surface area contributed by atoms with Gasteiger partial charge < -0.3 is 9.88 Å². The highest BCUT2D eigenvalue weighted by Gasteiger charge is 2.11. The minimum atomic E-state index is 0.0672. The number of para-hydroxylation sites is 1. The van der Waals surface area contributed by atoms with Gasteiger partial charge in [0.15, 0.2) is 0 Å². The zero-order valence-corrected chi connectivity index (χ0v) is 11.2. The summed E-state index contributed by atoms with van der Waals surface area (Å²) in [6.45, 7) is 6.63. The first-order chi connectivity index (χ1) is 8.58. The minimum absolute atomic E-state index is 0.0672. The van der Waals surface area contributed by atoms with Crippen molar-refractivity contribution in [3.63, 3.8) is 0 Å². The van der Waals surface area contributed by atoms with E-state index in [0.717, 1.165) is 5.52 Å².